The Kier molecular flexibility index (Phi) is 8.75. The molecule has 4 rings (SSSR count). The fraction of sp³-hybridized carbons (Fsp3) is 0.364. The van der Waals surface area contributed by atoms with Crippen LogP contribution in [0.15, 0.2) is 72.8 Å². The first-order valence-corrected chi connectivity index (χ1v) is 18.1. The van der Waals surface area contributed by atoms with E-state index in [0.717, 1.165) is 0 Å². The van der Waals surface area contributed by atoms with E-state index >= 15 is 0 Å². The number of carbonyl (C=O) groups is 1. The average molecular weight is 592 g/mol. The van der Waals surface area contributed by atoms with E-state index in [1.807, 2.05) is 43.3 Å². The highest BCUT2D eigenvalue weighted by atomic mass is 31.2. The number of esters is 1. The van der Waals surface area contributed by atoms with E-state index in [1.165, 1.54) is 0 Å². The second kappa shape index (κ2) is 11.6. The van der Waals surface area contributed by atoms with Crippen LogP contribution in [0.1, 0.15) is 66.5 Å². The van der Waals surface area contributed by atoms with Gasteiger partial charge in [0.05, 0.1) is 0 Å². The van der Waals surface area contributed by atoms with Crippen molar-refractivity contribution in [3.63, 3.8) is 0 Å². The molecule has 0 aliphatic carbocycles. The molecule has 2 N–H and O–H groups in total. The van der Waals surface area contributed by atoms with Crippen LogP contribution in [0, 0.1) is 0 Å². The van der Waals surface area contributed by atoms with Gasteiger partial charge in [0.1, 0.15) is 5.75 Å². The van der Waals surface area contributed by atoms with Gasteiger partial charge < -0.3 is 14.3 Å². The Morgan fingerprint density at radius 3 is 1.85 bits per heavy atom. The predicted octanol–water partition coefficient (Wildman–Crippen LogP) is 7.63. The van der Waals surface area contributed by atoms with E-state index in [1.54, 1.807) is 49.4 Å². The predicted molar refractivity (Wildman–Crippen MR) is 170 cm³/mol. The minimum absolute atomic E-state index is 0.0544. The fourth-order valence-corrected chi connectivity index (χ4v) is 14.3. The van der Waals surface area contributed by atoms with Crippen molar-refractivity contribution in [2.24, 2.45) is 0 Å². The molecular weight excluding hydrogens is 549 g/mol. The van der Waals surface area contributed by atoms with Gasteiger partial charge in [0, 0.05) is 27.8 Å². The molecule has 0 saturated carbocycles. The SMILES string of the molecule is C/C=C/c1c(O)c(O[Si](C(C)C)(C(C)C)C(C)C)cc2c1C(C)(NP(=O)(c1ccccc1)c1ccccc1)C(=O)O2. The van der Waals surface area contributed by atoms with Gasteiger partial charge in [0.2, 0.25) is 7.29 Å². The zero-order valence-corrected chi connectivity index (χ0v) is 27.2. The Balaban J connectivity index is 1.93. The summed E-state index contributed by atoms with van der Waals surface area (Å²) in [4.78, 5) is 13.7. The third kappa shape index (κ3) is 5.20. The van der Waals surface area contributed by atoms with E-state index in [0.29, 0.717) is 27.5 Å². The number of carbonyl (C=O) groups excluding carboxylic acids is 1. The number of hydrogen-bond acceptors (Lipinski definition) is 5. The lowest BCUT2D eigenvalue weighted by molar-refractivity contribution is -0.138. The molecule has 218 valence electrons. The molecule has 0 aromatic heterocycles. The average Bonchev–Trinajstić information content (AvgIpc) is 3.18. The first-order chi connectivity index (χ1) is 19.3. The maximum absolute atomic E-state index is 14.9. The summed E-state index contributed by atoms with van der Waals surface area (Å²) < 4.78 is 27.7. The van der Waals surface area contributed by atoms with Gasteiger partial charge in [-0.15, -0.1) is 0 Å². The molecule has 0 spiro atoms. The zero-order valence-electron chi connectivity index (χ0n) is 25.3. The van der Waals surface area contributed by atoms with Crippen LogP contribution >= 0.6 is 7.29 Å². The molecule has 6 nitrogen and oxygen atoms in total. The molecule has 0 bridgehead atoms. The summed E-state index contributed by atoms with van der Waals surface area (Å²) in [5.74, 6) is -0.0491. The molecule has 41 heavy (non-hydrogen) atoms. The number of nitrogens with one attached hydrogen (secondary N) is 1. The number of aromatic hydroxyl groups is 1. The Morgan fingerprint density at radius 2 is 1.41 bits per heavy atom. The van der Waals surface area contributed by atoms with Crippen LogP contribution in [0.5, 0.6) is 17.2 Å². The second-order valence-electron chi connectivity index (χ2n) is 11.8. The third-order valence-corrected chi connectivity index (χ3v) is 17.1. The van der Waals surface area contributed by atoms with Crippen molar-refractivity contribution >= 4 is 38.3 Å². The van der Waals surface area contributed by atoms with Gasteiger partial charge in [0.25, 0.3) is 8.32 Å². The summed E-state index contributed by atoms with van der Waals surface area (Å²) in [6, 6.07) is 19.8. The van der Waals surface area contributed by atoms with Crippen LogP contribution in [-0.2, 0) is 14.9 Å². The lowest BCUT2D eigenvalue weighted by Crippen LogP contribution is -2.50. The van der Waals surface area contributed by atoms with Crippen molar-refractivity contribution < 1.29 is 23.6 Å². The van der Waals surface area contributed by atoms with Crippen LogP contribution in [0.25, 0.3) is 6.08 Å². The third-order valence-electron chi connectivity index (χ3n) is 8.33. The molecule has 1 atom stereocenters. The lowest BCUT2D eigenvalue weighted by Gasteiger charge is -2.42. The van der Waals surface area contributed by atoms with Gasteiger partial charge in [-0.1, -0.05) is 90.1 Å². The molecule has 0 amide bonds. The minimum Gasteiger partial charge on any atom is -0.540 e. The summed E-state index contributed by atoms with van der Waals surface area (Å²) in [7, 11) is -5.99. The van der Waals surface area contributed by atoms with E-state index in [4.69, 9.17) is 9.16 Å². The largest absolute Gasteiger partial charge is 0.540 e. The topological polar surface area (TPSA) is 84.9 Å². The van der Waals surface area contributed by atoms with Gasteiger partial charge in [-0.3, -0.25) is 4.57 Å². The molecule has 0 radical (unpaired) electrons. The molecule has 1 aliphatic rings. The smallest absolute Gasteiger partial charge is 0.336 e. The van der Waals surface area contributed by atoms with E-state index in [-0.39, 0.29) is 28.1 Å². The number of rotatable bonds is 10. The summed E-state index contributed by atoms with van der Waals surface area (Å²) in [6.07, 6.45) is 3.55. The van der Waals surface area contributed by atoms with Crippen LogP contribution in [0.4, 0.5) is 0 Å². The second-order valence-corrected chi connectivity index (χ2v) is 19.7. The lowest BCUT2D eigenvalue weighted by atomic mass is 9.89. The summed E-state index contributed by atoms with van der Waals surface area (Å²) >= 11 is 0. The fourth-order valence-electron chi connectivity index (χ4n) is 6.46. The van der Waals surface area contributed by atoms with Crippen molar-refractivity contribution in [1.82, 2.24) is 5.09 Å². The number of fused-ring (bicyclic) bond motifs is 1. The van der Waals surface area contributed by atoms with E-state index < -0.39 is 27.1 Å². The molecular formula is C33H42NO5PSi. The van der Waals surface area contributed by atoms with Crippen molar-refractivity contribution in [1.29, 1.82) is 0 Å². The summed E-state index contributed by atoms with van der Waals surface area (Å²) in [5, 5.41) is 16.1. The van der Waals surface area contributed by atoms with Crippen molar-refractivity contribution in [2.45, 2.75) is 77.6 Å². The normalized spacial score (nSPS) is 17.5. The number of phenolic OH excluding ortho intramolecular Hbond substituents is 1. The highest BCUT2D eigenvalue weighted by Crippen LogP contribution is 2.54. The van der Waals surface area contributed by atoms with Crippen molar-refractivity contribution in [3.05, 3.63) is 83.9 Å². The van der Waals surface area contributed by atoms with Crippen LogP contribution < -0.4 is 24.9 Å². The van der Waals surface area contributed by atoms with Gasteiger partial charge in [-0.05, 0) is 54.7 Å². The van der Waals surface area contributed by atoms with Crippen LogP contribution in [-0.4, -0.2) is 19.4 Å². The molecule has 3 aromatic rings. The Morgan fingerprint density at radius 1 is 0.927 bits per heavy atom. The van der Waals surface area contributed by atoms with Crippen molar-refractivity contribution in [2.75, 3.05) is 0 Å². The zero-order chi connectivity index (χ0) is 30.2. The Labute approximate surface area is 245 Å². The number of benzene rings is 3. The van der Waals surface area contributed by atoms with Crippen LogP contribution in [0.2, 0.25) is 16.6 Å². The van der Waals surface area contributed by atoms with Gasteiger partial charge in [-0.25, -0.2) is 9.88 Å². The highest BCUT2D eigenvalue weighted by Gasteiger charge is 2.53. The standard InChI is InChI=1S/C33H42NO5PSi/c1-9-16-27-30-28(21-29(31(27)35)39-41(22(2)3,23(4)5)24(6)7)38-32(36)33(30,8)34-40(37,25-17-12-10-13-18-25)26-19-14-11-15-20-26/h9-24,35H,1-8H3,(H,34,37)/b16-9+. The molecule has 1 unspecified atom stereocenters. The first-order valence-electron chi connectivity index (χ1n) is 14.3. The molecule has 1 aliphatic heterocycles. The number of allylic oxidation sites excluding steroid dienone is 1. The Hall–Kier alpha value is -3.12. The molecule has 1 heterocycles. The maximum Gasteiger partial charge on any atom is 0.336 e. The van der Waals surface area contributed by atoms with E-state index in [9.17, 15) is 14.5 Å². The summed E-state index contributed by atoms with van der Waals surface area (Å²) in [5.41, 5.74) is 0.146. The minimum atomic E-state index is -3.55. The maximum atomic E-state index is 14.9. The van der Waals surface area contributed by atoms with E-state index in [2.05, 4.69) is 46.6 Å². The number of ether oxygens (including phenoxy) is 1. The van der Waals surface area contributed by atoms with Gasteiger partial charge in [-0.2, -0.15) is 0 Å². The molecule has 0 fully saturated rings. The molecule has 0 saturated heterocycles. The first kappa shape index (κ1) is 30.8. The molecule has 8 heteroatoms. The van der Waals surface area contributed by atoms with Gasteiger partial charge in [0.15, 0.2) is 17.0 Å². The quantitative estimate of drug-likeness (QED) is 0.109. The number of hydrogen-bond donors (Lipinski definition) is 2. The van der Waals surface area contributed by atoms with Crippen LogP contribution in [0.3, 0.4) is 0 Å². The van der Waals surface area contributed by atoms with Gasteiger partial charge >= 0.3 is 5.97 Å². The van der Waals surface area contributed by atoms with Crippen molar-refractivity contribution in [3.8, 4) is 17.2 Å². The molecule has 3 aromatic carbocycles. The summed E-state index contributed by atoms with van der Waals surface area (Å²) in [6.45, 7) is 16.6. The monoisotopic (exact) mass is 591 g/mol. The number of phenols is 1. The Bertz CT molecular complexity index is 1420. The highest BCUT2D eigenvalue weighted by molar-refractivity contribution is 7.77.